The first-order chi connectivity index (χ1) is 10.6. The van der Waals surface area contributed by atoms with Crippen LogP contribution in [0.3, 0.4) is 0 Å². The van der Waals surface area contributed by atoms with Crippen LogP contribution in [-0.2, 0) is 11.3 Å². The Morgan fingerprint density at radius 2 is 2.00 bits per heavy atom. The van der Waals surface area contributed by atoms with E-state index < -0.39 is 0 Å². The minimum absolute atomic E-state index is 0. The number of carbonyl (C=O) groups is 1. The van der Waals surface area contributed by atoms with Crippen molar-refractivity contribution in [2.24, 2.45) is 5.41 Å². The standard InChI is InChI=1S/C18H22N2O2.ClH/c1-18(7-8-19-12-18)17(21)20-11-13-3-4-15-10-16(22-2)6-5-14(15)9-13;/h3-6,9-10,19H,7-8,11-12H2,1-2H3,(H,20,21);1H. The van der Waals surface area contributed by atoms with Gasteiger partial charge in [-0.15, -0.1) is 12.4 Å². The molecule has 0 bridgehead atoms. The van der Waals surface area contributed by atoms with Gasteiger partial charge >= 0.3 is 0 Å². The van der Waals surface area contributed by atoms with Gasteiger partial charge in [0, 0.05) is 13.1 Å². The van der Waals surface area contributed by atoms with Crippen LogP contribution in [0.15, 0.2) is 36.4 Å². The van der Waals surface area contributed by atoms with Crippen molar-refractivity contribution in [3.8, 4) is 5.75 Å². The number of methoxy groups -OCH3 is 1. The molecule has 5 heteroatoms. The highest BCUT2D eigenvalue weighted by molar-refractivity contribution is 5.86. The second-order valence-corrected chi connectivity index (χ2v) is 6.22. The van der Waals surface area contributed by atoms with Gasteiger partial charge in [-0.2, -0.15) is 0 Å². The van der Waals surface area contributed by atoms with E-state index in [0.717, 1.165) is 41.6 Å². The van der Waals surface area contributed by atoms with Crippen LogP contribution >= 0.6 is 12.4 Å². The number of rotatable bonds is 4. The van der Waals surface area contributed by atoms with Gasteiger partial charge < -0.3 is 15.4 Å². The average molecular weight is 335 g/mol. The summed E-state index contributed by atoms with van der Waals surface area (Å²) in [5.41, 5.74) is 0.838. The summed E-state index contributed by atoms with van der Waals surface area (Å²) in [5.74, 6) is 0.988. The maximum atomic E-state index is 12.3. The Kier molecular flexibility index (Phi) is 5.50. The lowest BCUT2D eigenvalue weighted by atomic mass is 9.89. The fourth-order valence-corrected chi connectivity index (χ4v) is 2.92. The molecule has 1 saturated heterocycles. The maximum Gasteiger partial charge on any atom is 0.227 e. The van der Waals surface area contributed by atoms with Gasteiger partial charge in [0.2, 0.25) is 5.91 Å². The Bertz CT molecular complexity index is 696. The van der Waals surface area contributed by atoms with Gasteiger partial charge in [0.1, 0.15) is 5.75 Å². The molecule has 0 spiro atoms. The minimum atomic E-state index is -0.274. The minimum Gasteiger partial charge on any atom is -0.497 e. The van der Waals surface area contributed by atoms with Crippen LogP contribution in [0.1, 0.15) is 18.9 Å². The molecule has 2 aromatic rings. The number of hydrogen-bond acceptors (Lipinski definition) is 3. The Morgan fingerprint density at radius 3 is 2.70 bits per heavy atom. The zero-order valence-electron chi connectivity index (χ0n) is 13.5. The Hall–Kier alpha value is -1.78. The molecule has 0 radical (unpaired) electrons. The second kappa shape index (κ2) is 7.20. The number of amides is 1. The highest BCUT2D eigenvalue weighted by Gasteiger charge is 2.35. The van der Waals surface area contributed by atoms with Crippen molar-refractivity contribution >= 4 is 29.1 Å². The van der Waals surface area contributed by atoms with E-state index in [0.29, 0.717) is 6.54 Å². The molecular formula is C18H23ClN2O2. The fourth-order valence-electron chi connectivity index (χ4n) is 2.92. The van der Waals surface area contributed by atoms with Crippen LogP contribution < -0.4 is 15.4 Å². The number of ether oxygens (including phenoxy) is 1. The first kappa shape index (κ1) is 17.6. The molecule has 1 amide bonds. The van der Waals surface area contributed by atoms with Crippen molar-refractivity contribution < 1.29 is 9.53 Å². The van der Waals surface area contributed by atoms with E-state index in [1.165, 1.54) is 0 Å². The molecule has 2 N–H and O–H groups in total. The monoisotopic (exact) mass is 334 g/mol. The smallest absolute Gasteiger partial charge is 0.227 e. The van der Waals surface area contributed by atoms with E-state index in [2.05, 4.69) is 28.8 Å². The Labute approximate surface area is 143 Å². The normalized spacial score (nSPS) is 20.1. The van der Waals surface area contributed by atoms with Crippen molar-refractivity contribution in [2.45, 2.75) is 19.9 Å². The van der Waals surface area contributed by atoms with Crippen LogP contribution in [0.2, 0.25) is 0 Å². The van der Waals surface area contributed by atoms with Crippen LogP contribution in [0.5, 0.6) is 5.75 Å². The van der Waals surface area contributed by atoms with Gasteiger partial charge in [0.05, 0.1) is 12.5 Å². The summed E-state index contributed by atoms with van der Waals surface area (Å²) in [6, 6.07) is 12.3. The van der Waals surface area contributed by atoms with Gasteiger partial charge in [0.15, 0.2) is 0 Å². The maximum absolute atomic E-state index is 12.3. The molecule has 1 fully saturated rings. The molecule has 0 aromatic heterocycles. The van der Waals surface area contributed by atoms with Crippen molar-refractivity contribution in [2.75, 3.05) is 20.2 Å². The van der Waals surface area contributed by atoms with E-state index in [9.17, 15) is 4.79 Å². The summed E-state index contributed by atoms with van der Waals surface area (Å²) >= 11 is 0. The third-order valence-electron chi connectivity index (χ3n) is 4.48. The van der Waals surface area contributed by atoms with Crippen molar-refractivity contribution in [3.63, 3.8) is 0 Å². The van der Waals surface area contributed by atoms with Crippen LogP contribution in [-0.4, -0.2) is 26.1 Å². The Balaban J connectivity index is 0.00000192. The average Bonchev–Trinajstić information content (AvgIpc) is 3.00. The van der Waals surface area contributed by atoms with Crippen LogP contribution in [0.4, 0.5) is 0 Å². The predicted molar refractivity (Wildman–Crippen MR) is 95.2 cm³/mol. The summed E-state index contributed by atoms with van der Waals surface area (Å²) in [7, 11) is 1.67. The molecule has 4 nitrogen and oxygen atoms in total. The number of benzene rings is 2. The van der Waals surface area contributed by atoms with Crippen LogP contribution in [0, 0.1) is 5.41 Å². The lowest BCUT2D eigenvalue weighted by molar-refractivity contribution is -0.129. The van der Waals surface area contributed by atoms with Crippen molar-refractivity contribution in [1.29, 1.82) is 0 Å². The second-order valence-electron chi connectivity index (χ2n) is 6.22. The topological polar surface area (TPSA) is 50.4 Å². The third kappa shape index (κ3) is 3.77. The summed E-state index contributed by atoms with van der Waals surface area (Å²) in [4.78, 5) is 12.3. The van der Waals surface area contributed by atoms with Crippen molar-refractivity contribution in [3.05, 3.63) is 42.0 Å². The summed E-state index contributed by atoms with van der Waals surface area (Å²) in [6.07, 6.45) is 0.899. The predicted octanol–water partition coefficient (Wildman–Crippen LogP) is 2.89. The molecule has 2 aromatic carbocycles. The molecule has 0 aliphatic carbocycles. The molecule has 1 heterocycles. The lowest BCUT2D eigenvalue weighted by Crippen LogP contribution is -2.39. The molecule has 1 aliphatic rings. The number of hydrogen-bond donors (Lipinski definition) is 2. The van der Waals surface area contributed by atoms with Crippen LogP contribution in [0.25, 0.3) is 10.8 Å². The van der Waals surface area contributed by atoms with Gasteiger partial charge in [-0.1, -0.05) is 18.2 Å². The zero-order chi connectivity index (χ0) is 15.6. The number of carbonyl (C=O) groups excluding carboxylic acids is 1. The molecular weight excluding hydrogens is 312 g/mol. The first-order valence-electron chi connectivity index (χ1n) is 7.66. The molecule has 3 rings (SSSR count). The van der Waals surface area contributed by atoms with E-state index >= 15 is 0 Å². The van der Waals surface area contributed by atoms with Gasteiger partial charge in [0.25, 0.3) is 0 Å². The number of nitrogens with one attached hydrogen (secondary N) is 2. The SMILES string of the molecule is COc1ccc2cc(CNC(=O)C3(C)CCNC3)ccc2c1.Cl. The molecule has 23 heavy (non-hydrogen) atoms. The number of halogens is 1. The Morgan fingerprint density at radius 1 is 1.26 bits per heavy atom. The molecule has 0 saturated carbocycles. The molecule has 1 atom stereocenters. The molecule has 124 valence electrons. The van der Waals surface area contributed by atoms with E-state index in [-0.39, 0.29) is 23.7 Å². The van der Waals surface area contributed by atoms with E-state index in [4.69, 9.17) is 4.74 Å². The van der Waals surface area contributed by atoms with E-state index in [1.807, 2.05) is 25.1 Å². The summed E-state index contributed by atoms with van der Waals surface area (Å²) in [5, 5.41) is 8.61. The quantitative estimate of drug-likeness (QED) is 0.904. The third-order valence-corrected chi connectivity index (χ3v) is 4.48. The van der Waals surface area contributed by atoms with Gasteiger partial charge in [-0.3, -0.25) is 4.79 Å². The highest BCUT2D eigenvalue weighted by Crippen LogP contribution is 2.25. The number of fused-ring (bicyclic) bond motifs is 1. The molecule has 1 unspecified atom stereocenters. The largest absolute Gasteiger partial charge is 0.497 e. The zero-order valence-corrected chi connectivity index (χ0v) is 14.3. The fraction of sp³-hybridized carbons (Fsp3) is 0.389. The van der Waals surface area contributed by atoms with E-state index in [1.54, 1.807) is 7.11 Å². The van der Waals surface area contributed by atoms with Crippen molar-refractivity contribution in [1.82, 2.24) is 10.6 Å². The summed E-state index contributed by atoms with van der Waals surface area (Å²) in [6.45, 7) is 4.27. The summed E-state index contributed by atoms with van der Waals surface area (Å²) < 4.78 is 5.24. The molecule has 1 aliphatic heterocycles. The lowest BCUT2D eigenvalue weighted by Gasteiger charge is -2.21. The van der Waals surface area contributed by atoms with Gasteiger partial charge in [-0.25, -0.2) is 0 Å². The highest BCUT2D eigenvalue weighted by atomic mass is 35.5. The first-order valence-corrected chi connectivity index (χ1v) is 7.66. The van der Waals surface area contributed by atoms with Gasteiger partial charge in [-0.05, 0) is 54.4 Å².